The first-order valence-corrected chi connectivity index (χ1v) is 9.35. The first kappa shape index (κ1) is 20.8. The van der Waals surface area contributed by atoms with E-state index < -0.39 is 29.1 Å². The largest absolute Gasteiger partial charge is 0.452 e. The second-order valence-electron chi connectivity index (χ2n) is 5.72. The number of amides is 2. The Hall–Kier alpha value is -2.51. The van der Waals surface area contributed by atoms with E-state index in [9.17, 15) is 14.4 Å². The third-order valence-corrected chi connectivity index (χ3v) is 4.90. The van der Waals surface area contributed by atoms with E-state index in [0.29, 0.717) is 16.3 Å². The Morgan fingerprint density at radius 3 is 2.19 bits per heavy atom. The molecule has 0 aliphatic carbocycles. The highest BCUT2D eigenvalue weighted by atomic mass is 35.5. The standard InChI is InChI=1S/C19H19ClN2O4S/c1-11(18(24)22-15-7-3-13(4-8-15)17(21)23)26-19(25)12(2)27-16-9-5-14(20)6-10-16/h3-12H,1-2H3,(H2,21,23)(H,22,24)/t11-,12+/m0/s1. The van der Waals surface area contributed by atoms with Crippen LogP contribution in [0.1, 0.15) is 24.2 Å². The molecule has 27 heavy (non-hydrogen) atoms. The van der Waals surface area contributed by atoms with Gasteiger partial charge in [-0.25, -0.2) is 0 Å². The van der Waals surface area contributed by atoms with Gasteiger partial charge < -0.3 is 15.8 Å². The Labute approximate surface area is 166 Å². The van der Waals surface area contributed by atoms with Crippen LogP contribution in [0.5, 0.6) is 0 Å². The van der Waals surface area contributed by atoms with Gasteiger partial charge in [-0.05, 0) is 62.4 Å². The number of ether oxygens (including phenoxy) is 1. The number of hydrogen-bond donors (Lipinski definition) is 2. The lowest BCUT2D eigenvalue weighted by atomic mass is 10.2. The Morgan fingerprint density at radius 2 is 1.63 bits per heavy atom. The van der Waals surface area contributed by atoms with Gasteiger partial charge >= 0.3 is 5.97 Å². The fourth-order valence-corrected chi connectivity index (χ4v) is 3.03. The molecule has 0 aliphatic heterocycles. The topological polar surface area (TPSA) is 98.5 Å². The highest BCUT2D eigenvalue weighted by Gasteiger charge is 2.23. The van der Waals surface area contributed by atoms with E-state index in [2.05, 4.69) is 5.32 Å². The summed E-state index contributed by atoms with van der Waals surface area (Å²) in [5, 5.41) is 2.74. The average molecular weight is 407 g/mol. The maximum Gasteiger partial charge on any atom is 0.319 e. The number of benzene rings is 2. The first-order chi connectivity index (χ1) is 12.8. The highest BCUT2D eigenvalue weighted by molar-refractivity contribution is 8.00. The summed E-state index contributed by atoms with van der Waals surface area (Å²) in [5.74, 6) is -1.53. The highest BCUT2D eigenvalue weighted by Crippen LogP contribution is 2.25. The zero-order valence-corrected chi connectivity index (χ0v) is 16.3. The number of carbonyl (C=O) groups excluding carboxylic acids is 3. The van der Waals surface area contributed by atoms with E-state index in [1.807, 2.05) is 12.1 Å². The number of esters is 1. The lowest BCUT2D eigenvalue weighted by Gasteiger charge is -2.16. The van der Waals surface area contributed by atoms with Crippen LogP contribution in [-0.4, -0.2) is 29.1 Å². The smallest absolute Gasteiger partial charge is 0.319 e. The summed E-state index contributed by atoms with van der Waals surface area (Å²) in [6, 6.07) is 13.2. The summed E-state index contributed by atoms with van der Waals surface area (Å²) in [6.07, 6.45) is -0.971. The first-order valence-electron chi connectivity index (χ1n) is 8.09. The molecule has 0 radical (unpaired) electrons. The number of anilines is 1. The molecular formula is C19H19ClN2O4S. The quantitative estimate of drug-likeness (QED) is 0.541. The summed E-state index contributed by atoms with van der Waals surface area (Å²) in [6.45, 7) is 3.19. The number of halogens is 1. The molecule has 0 saturated heterocycles. The Morgan fingerprint density at radius 1 is 1.04 bits per heavy atom. The maximum absolute atomic E-state index is 12.2. The van der Waals surface area contributed by atoms with E-state index in [4.69, 9.17) is 22.1 Å². The van der Waals surface area contributed by atoms with Crippen LogP contribution < -0.4 is 11.1 Å². The van der Waals surface area contributed by atoms with Gasteiger partial charge in [0, 0.05) is 21.2 Å². The van der Waals surface area contributed by atoms with Crippen LogP contribution in [0.4, 0.5) is 5.69 Å². The second kappa shape index (κ2) is 9.43. The van der Waals surface area contributed by atoms with Gasteiger partial charge in [0.2, 0.25) is 5.91 Å². The van der Waals surface area contributed by atoms with Gasteiger partial charge in [-0.3, -0.25) is 14.4 Å². The van der Waals surface area contributed by atoms with Crippen molar-refractivity contribution in [2.75, 3.05) is 5.32 Å². The van der Waals surface area contributed by atoms with Gasteiger partial charge in [-0.1, -0.05) is 11.6 Å². The molecule has 0 aliphatic rings. The van der Waals surface area contributed by atoms with Crippen molar-refractivity contribution in [2.45, 2.75) is 30.1 Å². The molecule has 142 valence electrons. The van der Waals surface area contributed by atoms with Crippen LogP contribution in [0.3, 0.4) is 0 Å². The third-order valence-electron chi connectivity index (χ3n) is 3.56. The molecule has 2 amide bonds. The van der Waals surface area contributed by atoms with Gasteiger partial charge in [0.1, 0.15) is 5.25 Å². The van der Waals surface area contributed by atoms with Crippen LogP contribution in [-0.2, 0) is 14.3 Å². The van der Waals surface area contributed by atoms with Crippen molar-refractivity contribution in [3.05, 3.63) is 59.1 Å². The Kier molecular flexibility index (Phi) is 7.27. The fourth-order valence-electron chi connectivity index (χ4n) is 2.05. The summed E-state index contributed by atoms with van der Waals surface area (Å²) in [7, 11) is 0. The molecule has 2 atom stereocenters. The Bertz CT molecular complexity index is 825. The van der Waals surface area contributed by atoms with Gasteiger partial charge in [0.15, 0.2) is 6.10 Å². The summed E-state index contributed by atoms with van der Waals surface area (Å²) in [4.78, 5) is 36.3. The van der Waals surface area contributed by atoms with Gasteiger partial charge in [-0.2, -0.15) is 0 Å². The minimum atomic E-state index is -0.971. The molecule has 8 heteroatoms. The number of nitrogens with one attached hydrogen (secondary N) is 1. The number of hydrogen-bond acceptors (Lipinski definition) is 5. The molecular weight excluding hydrogens is 388 g/mol. The third kappa shape index (κ3) is 6.30. The minimum Gasteiger partial charge on any atom is -0.452 e. The average Bonchev–Trinajstić information content (AvgIpc) is 2.63. The van der Waals surface area contributed by atoms with Crippen molar-refractivity contribution in [1.82, 2.24) is 0 Å². The second-order valence-corrected chi connectivity index (χ2v) is 7.57. The molecule has 2 rings (SSSR count). The van der Waals surface area contributed by atoms with Crippen molar-refractivity contribution < 1.29 is 19.1 Å². The number of primary amides is 1. The molecule has 2 aromatic rings. The van der Waals surface area contributed by atoms with E-state index >= 15 is 0 Å². The number of nitrogens with two attached hydrogens (primary N) is 1. The van der Waals surface area contributed by atoms with Crippen LogP contribution in [0.2, 0.25) is 5.02 Å². The lowest BCUT2D eigenvalue weighted by molar-refractivity contribution is -0.152. The molecule has 6 nitrogen and oxygen atoms in total. The zero-order valence-electron chi connectivity index (χ0n) is 14.8. The molecule has 0 fully saturated rings. The molecule has 0 spiro atoms. The van der Waals surface area contributed by atoms with Crippen LogP contribution in [0, 0.1) is 0 Å². The number of rotatable bonds is 7. The summed E-state index contributed by atoms with van der Waals surface area (Å²) < 4.78 is 5.23. The van der Waals surface area contributed by atoms with Crippen molar-refractivity contribution in [3.8, 4) is 0 Å². The monoisotopic (exact) mass is 406 g/mol. The Balaban J connectivity index is 1.87. The molecule has 0 unspecified atom stereocenters. The molecule has 0 bridgehead atoms. The van der Waals surface area contributed by atoms with Gasteiger partial charge in [-0.15, -0.1) is 11.8 Å². The van der Waals surface area contributed by atoms with E-state index in [0.717, 1.165) is 4.90 Å². The van der Waals surface area contributed by atoms with Crippen molar-refractivity contribution in [2.24, 2.45) is 5.73 Å². The number of carbonyl (C=O) groups is 3. The normalized spacial score (nSPS) is 12.7. The predicted octanol–water partition coefficient (Wildman–Crippen LogP) is 3.49. The van der Waals surface area contributed by atoms with Crippen LogP contribution in [0.25, 0.3) is 0 Å². The summed E-state index contributed by atoms with van der Waals surface area (Å²) in [5.41, 5.74) is 5.97. The van der Waals surface area contributed by atoms with Gasteiger partial charge in [0.05, 0.1) is 0 Å². The predicted molar refractivity (Wildman–Crippen MR) is 106 cm³/mol. The fraction of sp³-hybridized carbons (Fsp3) is 0.211. The lowest BCUT2D eigenvalue weighted by Crippen LogP contribution is -2.32. The van der Waals surface area contributed by atoms with Crippen LogP contribution in [0.15, 0.2) is 53.4 Å². The molecule has 2 aromatic carbocycles. The number of thioether (sulfide) groups is 1. The molecule has 0 saturated carbocycles. The SMILES string of the molecule is C[C@H](OC(=O)[C@@H](C)Sc1ccc(Cl)cc1)C(=O)Nc1ccc(C(N)=O)cc1. The molecule has 0 heterocycles. The van der Waals surface area contributed by atoms with Gasteiger partial charge in [0.25, 0.3) is 5.91 Å². The van der Waals surface area contributed by atoms with Crippen LogP contribution >= 0.6 is 23.4 Å². The van der Waals surface area contributed by atoms with E-state index in [-0.39, 0.29) is 0 Å². The van der Waals surface area contributed by atoms with E-state index in [1.54, 1.807) is 31.2 Å². The maximum atomic E-state index is 12.2. The summed E-state index contributed by atoms with van der Waals surface area (Å²) >= 11 is 7.15. The molecule has 0 aromatic heterocycles. The van der Waals surface area contributed by atoms with Crippen molar-refractivity contribution in [1.29, 1.82) is 0 Å². The van der Waals surface area contributed by atoms with Crippen molar-refractivity contribution >= 4 is 46.8 Å². The zero-order chi connectivity index (χ0) is 20.0. The van der Waals surface area contributed by atoms with E-state index in [1.165, 1.54) is 30.8 Å². The minimum absolute atomic E-state index is 0.334. The van der Waals surface area contributed by atoms with Crippen molar-refractivity contribution in [3.63, 3.8) is 0 Å². The molecule has 3 N–H and O–H groups in total.